The van der Waals surface area contributed by atoms with Gasteiger partial charge in [0.2, 0.25) is 0 Å². The van der Waals surface area contributed by atoms with Gasteiger partial charge in [-0.1, -0.05) is 53.3 Å². The number of rotatable bonds is 1. The highest BCUT2D eigenvalue weighted by atomic mass is 28.3. The van der Waals surface area contributed by atoms with Crippen LogP contribution in [0.3, 0.4) is 0 Å². The summed E-state index contributed by atoms with van der Waals surface area (Å²) in [5.41, 5.74) is 1.64. The predicted molar refractivity (Wildman–Crippen MR) is 68.5 cm³/mol. The summed E-state index contributed by atoms with van der Waals surface area (Å²) < 4.78 is 0. The van der Waals surface area contributed by atoms with E-state index in [4.69, 9.17) is 0 Å². The Hall–Kier alpha value is 0.217. The van der Waals surface area contributed by atoms with Crippen LogP contribution in [0.25, 0.3) is 0 Å². The lowest BCUT2D eigenvalue weighted by Gasteiger charge is -2.40. The van der Waals surface area contributed by atoms with E-state index in [-0.39, 0.29) is 0 Å². The Morgan fingerprint density at radius 3 is 1.57 bits per heavy atom. The lowest BCUT2D eigenvalue weighted by Crippen LogP contribution is -2.34. The van der Waals surface area contributed by atoms with Crippen molar-refractivity contribution in [2.75, 3.05) is 0 Å². The maximum Gasteiger partial charge on any atom is 0.0473 e. The summed E-state index contributed by atoms with van der Waals surface area (Å²) in [5, 5.41) is 0. The lowest BCUT2D eigenvalue weighted by molar-refractivity contribution is 0.178. The maximum atomic E-state index is 2.54. The van der Waals surface area contributed by atoms with Gasteiger partial charge in [-0.25, -0.2) is 0 Å². The molecule has 1 fully saturated rings. The van der Waals surface area contributed by atoms with E-state index in [1.165, 1.54) is 25.7 Å². The van der Waals surface area contributed by atoms with Crippen molar-refractivity contribution < 1.29 is 0 Å². The maximum absolute atomic E-state index is 2.54. The van der Waals surface area contributed by atoms with Crippen molar-refractivity contribution in [2.24, 2.45) is 11.3 Å². The van der Waals surface area contributed by atoms with Crippen LogP contribution < -0.4 is 0 Å². The minimum atomic E-state index is -0.845. The summed E-state index contributed by atoms with van der Waals surface area (Å²) in [6.07, 6.45) is 5.99. The molecular weight excluding hydrogens is 184 g/mol. The van der Waals surface area contributed by atoms with Crippen LogP contribution in [0.4, 0.5) is 0 Å². The van der Waals surface area contributed by atoms with Gasteiger partial charge in [-0.05, 0) is 29.7 Å². The molecule has 1 aliphatic rings. The van der Waals surface area contributed by atoms with Gasteiger partial charge in [0.25, 0.3) is 0 Å². The van der Waals surface area contributed by atoms with Crippen LogP contribution >= 0.6 is 0 Å². The molecule has 0 bridgehead atoms. The van der Waals surface area contributed by atoms with Crippen LogP contribution in [0, 0.1) is 11.3 Å². The van der Waals surface area contributed by atoms with Gasteiger partial charge in [0, 0.05) is 8.07 Å². The summed E-state index contributed by atoms with van der Waals surface area (Å²) >= 11 is 0. The summed E-state index contributed by atoms with van der Waals surface area (Å²) in [7, 11) is -0.845. The minimum absolute atomic E-state index is 0.546. The molecule has 1 rings (SSSR count). The molecule has 0 heterocycles. The Bertz CT molecular complexity index is 152. The quantitative estimate of drug-likeness (QED) is 0.541. The lowest BCUT2D eigenvalue weighted by atomic mass is 9.72. The molecule has 0 radical (unpaired) electrons. The first kappa shape index (κ1) is 12.3. The van der Waals surface area contributed by atoms with Crippen LogP contribution in [0.2, 0.25) is 25.2 Å². The predicted octanol–water partition coefficient (Wildman–Crippen LogP) is 4.93. The van der Waals surface area contributed by atoms with Gasteiger partial charge in [-0.15, -0.1) is 0 Å². The fourth-order valence-electron chi connectivity index (χ4n) is 2.83. The fourth-order valence-corrected chi connectivity index (χ4v) is 4.89. The molecular formula is C13H28Si. The summed E-state index contributed by atoms with van der Waals surface area (Å²) in [6, 6.07) is 0. The van der Waals surface area contributed by atoms with Gasteiger partial charge < -0.3 is 0 Å². The molecule has 0 atom stereocenters. The van der Waals surface area contributed by atoms with E-state index < -0.39 is 8.07 Å². The van der Waals surface area contributed by atoms with Crippen molar-refractivity contribution in [3.05, 3.63) is 0 Å². The molecule has 14 heavy (non-hydrogen) atoms. The van der Waals surface area contributed by atoms with E-state index in [0.717, 1.165) is 11.5 Å². The molecule has 0 nitrogen and oxygen atoms in total. The molecule has 0 saturated heterocycles. The molecule has 1 aliphatic carbocycles. The molecule has 84 valence electrons. The van der Waals surface area contributed by atoms with Gasteiger partial charge in [-0.3, -0.25) is 0 Å². The van der Waals surface area contributed by atoms with E-state index in [1.54, 1.807) is 0 Å². The fraction of sp³-hybridized carbons (Fsp3) is 1.00. The average molecular weight is 212 g/mol. The van der Waals surface area contributed by atoms with Crippen molar-refractivity contribution in [1.82, 2.24) is 0 Å². The molecule has 1 heteroatoms. The standard InChI is InChI=1S/C13H28Si/c1-13(2,3)11-7-9-12(10-8-11)14(4,5)6/h11-12H,7-10H2,1-6H3. The number of hydrogen-bond acceptors (Lipinski definition) is 0. The van der Waals surface area contributed by atoms with E-state index in [0.29, 0.717) is 5.41 Å². The zero-order valence-electron chi connectivity index (χ0n) is 11.0. The van der Waals surface area contributed by atoms with Crippen molar-refractivity contribution in [2.45, 2.75) is 71.6 Å². The second kappa shape index (κ2) is 4.00. The highest BCUT2D eigenvalue weighted by Gasteiger charge is 2.34. The highest BCUT2D eigenvalue weighted by molar-refractivity contribution is 6.77. The molecule has 0 spiro atoms. The van der Waals surface area contributed by atoms with Gasteiger partial charge >= 0.3 is 0 Å². The Balaban J connectivity index is 2.47. The van der Waals surface area contributed by atoms with Gasteiger partial charge in [-0.2, -0.15) is 0 Å². The Labute approximate surface area is 91.5 Å². The SMILES string of the molecule is CC(C)(C)C1CCC([Si](C)(C)C)CC1. The minimum Gasteiger partial charge on any atom is -0.0693 e. The monoisotopic (exact) mass is 212 g/mol. The van der Waals surface area contributed by atoms with Gasteiger partial charge in [0.1, 0.15) is 0 Å². The Kier molecular flexibility index (Phi) is 3.51. The van der Waals surface area contributed by atoms with E-state index in [2.05, 4.69) is 40.4 Å². The topological polar surface area (TPSA) is 0 Å². The Morgan fingerprint density at radius 1 is 0.857 bits per heavy atom. The normalized spacial score (nSPS) is 30.4. The van der Waals surface area contributed by atoms with Crippen molar-refractivity contribution in [3.63, 3.8) is 0 Å². The zero-order chi connectivity index (χ0) is 11.0. The first-order chi connectivity index (χ1) is 6.21. The molecule has 0 aromatic heterocycles. The summed E-state index contributed by atoms with van der Waals surface area (Å²) in [6.45, 7) is 14.8. The third-order valence-electron chi connectivity index (χ3n) is 4.18. The first-order valence-corrected chi connectivity index (χ1v) is 9.79. The smallest absolute Gasteiger partial charge is 0.0473 e. The third kappa shape index (κ3) is 3.11. The van der Waals surface area contributed by atoms with Gasteiger partial charge in [0.15, 0.2) is 0 Å². The van der Waals surface area contributed by atoms with Crippen LogP contribution in [-0.4, -0.2) is 8.07 Å². The second-order valence-corrected chi connectivity index (χ2v) is 12.8. The third-order valence-corrected chi connectivity index (χ3v) is 7.20. The van der Waals surface area contributed by atoms with Crippen LogP contribution in [0.15, 0.2) is 0 Å². The van der Waals surface area contributed by atoms with E-state index in [1.807, 2.05) is 0 Å². The van der Waals surface area contributed by atoms with Gasteiger partial charge in [0.05, 0.1) is 0 Å². The van der Waals surface area contributed by atoms with Crippen LogP contribution in [-0.2, 0) is 0 Å². The van der Waals surface area contributed by atoms with Crippen LogP contribution in [0.1, 0.15) is 46.5 Å². The Morgan fingerprint density at radius 2 is 1.29 bits per heavy atom. The summed E-state index contributed by atoms with van der Waals surface area (Å²) in [5.74, 6) is 0.982. The first-order valence-electron chi connectivity index (χ1n) is 6.21. The van der Waals surface area contributed by atoms with Crippen LogP contribution in [0.5, 0.6) is 0 Å². The van der Waals surface area contributed by atoms with Crippen molar-refractivity contribution in [1.29, 1.82) is 0 Å². The molecule has 0 unspecified atom stereocenters. The second-order valence-electron chi connectivity index (χ2n) is 7.28. The van der Waals surface area contributed by atoms with E-state index >= 15 is 0 Å². The molecule has 0 aromatic carbocycles. The largest absolute Gasteiger partial charge is 0.0693 e. The molecule has 0 amide bonds. The number of hydrogen-bond donors (Lipinski definition) is 0. The molecule has 0 N–H and O–H groups in total. The highest BCUT2D eigenvalue weighted by Crippen LogP contribution is 2.45. The van der Waals surface area contributed by atoms with Crippen molar-refractivity contribution in [3.8, 4) is 0 Å². The van der Waals surface area contributed by atoms with E-state index in [9.17, 15) is 0 Å². The average Bonchev–Trinajstić information content (AvgIpc) is 2.01. The molecule has 0 aliphatic heterocycles. The van der Waals surface area contributed by atoms with Crippen molar-refractivity contribution >= 4 is 8.07 Å². The summed E-state index contributed by atoms with van der Waals surface area (Å²) in [4.78, 5) is 0. The zero-order valence-corrected chi connectivity index (χ0v) is 12.0. The molecule has 1 saturated carbocycles. The molecule has 0 aromatic rings.